The Labute approximate surface area is 102 Å². The summed E-state index contributed by atoms with van der Waals surface area (Å²) >= 11 is 0. The highest BCUT2D eigenvalue weighted by Crippen LogP contribution is 2.42. The zero-order valence-corrected chi connectivity index (χ0v) is 10.5. The molecule has 0 radical (unpaired) electrons. The molecule has 0 bridgehead atoms. The van der Waals surface area contributed by atoms with Gasteiger partial charge in [-0.15, -0.1) is 0 Å². The maximum atomic E-state index is 13.9. The largest absolute Gasteiger partial charge is 0.379 e. The predicted molar refractivity (Wildman–Crippen MR) is 66.3 cm³/mol. The molecule has 94 valence electrons. The second-order valence-corrected chi connectivity index (χ2v) is 5.80. The molecule has 2 nitrogen and oxygen atoms in total. The van der Waals surface area contributed by atoms with Crippen LogP contribution in [0.4, 0.5) is 4.39 Å². The highest BCUT2D eigenvalue weighted by atomic mass is 19.1. The molecule has 1 aliphatic rings. The minimum absolute atomic E-state index is 0.00601. The summed E-state index contributed by atoms with van der Waals surface area (Å²) < 4.78 is 19.2. The Hall–Kier alpha value is -0.930. The van der Waals surface area contributed by atoms with Crippen molar-refractivity contribution < 1.29 is 9.13 Å². The molecule has 1 aromatic carbocycles. The second kappa shape index (κ2) is 4.39. The van der Waals surface area contributed by atoms with Gasteiger partial charge in [-0.2, -0.15) is 0 Å². The quantitative estimate of drug-likeness (QED) is 0.873. The monoisotopic (exact) mass is 237 g/mol. The number of ether oxygens (including phenoxy) is 1. The maximum absolute atomic E-state index is 13.9. The van der Waals surface area contributed by atoms with Crippen LogP contribution in [0.1, 0.15) is 25.8 Å². The first kappa shape index (κ1) is 12.5. The first-order valence-electron chi connectivity index (χ1n) is 6.02. The van der Waals surface area contributed by atoms with Crippen LogP contribution in [-0.2, 0) is 10.2 Å². The Morgan fingerprint density at radius 2 is 2.00 bits per heavy atom. The Bertz CT molecular complexity index is 399. The molecule has 0 unspecified atom stereocenters. The molecular weight excluding hydrogens is 217 g/mol. The molecule has 17 heavy (non-hydrogen) atoms. The summed E-state index contributed by atoms with van der Waals surface area (Å²) in [7, 11) is 0. The summed E-state index contributed by atoms with van der Waals surface area (Å²) in [6.45, 7) is 6.03. The smallest absolute Gasteiger partial charge is 0.127 e. The third kappa shape index (κ3) is 2.35. The summed E-state index contributed by atoms with van der Waals surface area (Å²) in [6, 6.07) is 6.99. The summed E-state index contributed by atoms with van der Waals surface area (Å²) in [4.78, 5) is 0. The number of hydrogen-bond acceptors (Lipinski definition) is 2. The first-order chi connectivity index (χ1) is 7.99. The van der Waals surface area contributed by atoms with Crippen molar-refractivity contribution in [3.05, 3.63) is 35.6 Å². The molecule has 0 spiro atoms. The van der Waals surface area contributed by atoms with Crippen LogP contribution in [0.3, 0.4) is 0 Å². The normalized spacial score (nSPS) is 18.8. The van der Waals surface area contributed by atoms with Crippen molar-refractivity contribution in [1.82, 2.24) is 0 Å². The van der Waals surface area contributed by atoms with Crippen LogP contribution >= 0.6 is 0 Å². The van der Waals surface area contributed by atoms with Crippen molar-refractivity contribution in [3.63, 3.8) is 0 Å². The highest BCUT2D eigenvalue weighted by Gasteiger charge is 2.45. The Kier molecular flexibility index (Phi) is 3.23. The SMILES string of the molecule is CC(C)(CN)CC1(c2ccccc2F)COC1. The van der Waals surface area contributed by atoms with E-state index in [9.17, 15) is 4.39 Å². The summed E-state index contributed by atoms with van der Waals surface area (Å²) in [6.07, 6.45) is 0.859. The van der Waals surface area contributed by atoms with Crippen molar-refractivity contribution in [2.75, 3.05) is 19.8 Å². The van der Waals surface area contributed by atoms with Crippen molar-refractivity contribution in [2.45, 2.75) is 25.7 Å². The van der Waals surface area contributed by atoms with Crippen LogP contribution in [0.15, 0.2) is 24.3 Å². The summed E-state index contributed by atoms with van der Waals surface area (Å²) in [5, 5.41) is 0. The van der Waals surface area contributed by atoms with E-state index in [1.807, 2.05) is 12.1 Å². The molecule has 1 aromatic rings. The van der Waals surface area contributed by atoms with Gasteiger partial charge in [0.15, 0.2) is 0 Å². The Morgan fingerprint density at radius 1 is 1.35 bits per heavy atom. The third-order valence-electron chi connectivity index (χ3n) is 3.57. The topological polar surface area (TPSA) is 35.2 Å². The molecule has 0 atom stereocenters. The van der Waals surface area contributed by atoms with Crippen molar-refractivity contribution in [3.8, 4) is 0 Å². The van der Waals surface area contributed by atoms with Gasteiger partial charge < -0.3 is 10.5 Å². The van der Waals surface area contributed by atoms with E-state index < -0.39 is 0 Å². The van der Waals surface area contributed by atoms with Gasteiger partial charge in [-0.1, -0.05) is 32.0 Å². The predicted octanol–water partition coefficient (Wildman–Crippen LogP) is 2.47. The second-order valence-electron chi connectivity index (χ2n) is 5.80. The lowest BCUT2D eigenvalue weighted by molar-refractivity contribution is -0.0801. The van der Waals surface area contributed by atoms with Crippen LogP contribution in [0.2, 0.25) is 0 Å². The van der Waals surface area contributed by atoms with Gasteiger partial charge in [-0.3, -0.25) is 0 Å². The number of nitrogens with two attached hydrogens (primary N) is 1. The molecule has 0 amide bonds. The molecule has 1 saturated heterocycles. The van der Waals surface area contributed by atoms with E-state index >= 15 is 0 Å². The maximum Gasteiger partial charge on any atom is 0.127 e. The van der Waals surface area contributed by atoms with Gasteiger partial charge in [0.05, 0.1) is 13.2 Å². The first-order valence-corrected chi connectivity index (χ1v) is 6.02. The molecule has 3 heteroatoms. The van der Waals surface area contributed by atoms with Gasteiger partial charge in [-0.25, -0.2) is 4.39 Å². The van der Waals surface area contributed by atoms with Crippen LogP contribution in [0.5, 0.6) is 0 Å². The fourth-order valence-corrected chi connectivity index (χ4v) is 2.58. The lowest BCUT2D eigenvalue weighted by Crippen LogP contribution is -2.51. The van der Waals surface area contributed by atoms with Crippen LogP contribution in [-0.4, -0.2) is 19.8 Å². The molecule has 2 N–H and O–H groups in total. The van der Waals surface area contributed by atoms with E-state index in [1.165, 1.54) is 6.07 Å². The molecule has 0 aromatic heterocycles. The van der Waals surface area contributed by atoms with Gasteiger partial charge in [0.2, 0.25) is 0 Å². The molecule has 1 fully saturated rings. The highest BCUT2D eigenvalue weighted by molar-refractivity contribution is 5.30. The fraction of sp³-hybridized carbons (Fsp3) is 0.571. The zero-order valence-electron chi connectivity index (χ0n) is 10.5. The molecule has 1 aliphatic heterocycles. The van der Waals surface area contributed by atoms with E-state index in [-0.39, 0.29) is 16.6 Å². The summed E-state index contributed by atoms with van der Waals surface area (Å²) in [5.74, 6) is -0.136. The number of hydrogen-bond donors (Lipinski definition) is 1. The van der Waals surface area contributed by atoms with E-state index in [0.29, 0.717) is 19.8 Å². The fourth-order valence-electron chi connectivity index (χ4n) is 2.58. The van der Waals surface area contributed by atoms with E-state index in [2.05, 4.69) is 13.8 Å². The van der Waals surface area contributed by atoms with Gasteiger partial charge in [0.25, 0.3) is 0 Å². The van der Waals surface area contributed by atoms with Crippen molar-refractivity contribution in [1.29, 1.82) is 0 Å². The number of rotatable bonds is 4. The molecule has 0 saturated carbocycles. The molecule has 2 rings (SSSR count). The Balaban J connectivity index is 2.29. The van der Waals surface area contributed by atoms with Gasteiger partial charge in [0, 0.05) is 5.41 Å². The van der Waals surface area contributed by atoms with Gasteiger partial charge in [-0.05, 0) is 30.0 Å². The lowest BCUT2D eigenvalue weighted by Gasteiger charge is -2.46. The average molecular weight is 237 g/mol. The average Bonchev–Trinajstić information content (AvgIpc) is 2.25. The minimum Gasteiger partial charge on any atom is -0.379 e. The summed E-state index contributed by atoms with van der Waals surface area (Å²) in [5.41, 5.74) is 6.36. The van der Waals surface area contributed by atoms with Crippen molar-refractivity contribution >= 4 is 0 Å². The molecule has 1 heterocycles. The number of benzene rings is 1. The minimum atomic E-state index is -0.186. The van der Waals surface area contributed by atoms with Gasteiger partial charge >= 0.3 is 0 Å². The van der Waals surface area contributed by atoms with Gasteiger partial charge in [0.1, 0.15) is 5.82 Å². The van der Waals surface area contributed by atoms with E-state index in [1.54, 1.807) is 6.07 Å². The zero-order chi connectivity index (χ0) is 12.5. The van der Waals surface area contributed by atoms with Crippen molar-refractivity contribution in [2.24, 2.45) is 11.1 Å². The number of halogens is 1. The van der Waals surface area contributed by atoms with Crippen LogP contribution in [0.25, 0.3) is 0 Å². The van der Waals surface area contributed by atoms with E-state index in [0.717, 1.165) is 12.0 Å². The molecular formula is C14H20FNO. The third-order valence-corrected chi connectivity index (χ3v) is 3.57. The van der Waals surface area contributed by atoms with Crippen LogP contribution < -0.4 is 5.73 Å². The standard InChI is InChI=1S/C14H20FNO/c1-13(2,8-16)7-14(9-17-10-14)11-5-3-4-6-12(11)15/h3-6H,7-10,16H2,1-2H3. The Morgan fingerprint density at radius 3 is 2.47 bits per heavy atom. The van der Waals surface area contributed by atoms with E-state index in [4.69, 9.17) is 10.5 Å². The lowest BCUT2D eigenvalue weighted by atomic mass is 9.67. The molecule has 0 aliphatic carbocycles. The van der Waals surface area contributed by atoms with Crippen LogP contribution in [0, 0.1) is 11.2 Å².